The number of rotatable bonds is 4. The SMILES string of the molecule is CC1CCN(C(=O)N[C@H](CC(=O)O)C(=O)O)CC1C. The molecule has 7 heteroatoms. The molecule has 3 N–H and O–H groups in total. The third-order valence-corrected chi connectivity index (χ3v) is 3.60. The van der Waals surface area contributed by atoms with Crippen molar-refractivity contribution in [1.82, 2.24) is 10.2 Å². The van der Waals surface area contributed by atoms with Crippen molar-refractivity contribution in [2.75, 3.05) is 13.1 Å². The normalized spacial score (nSPS) is 24.6. The third kappa shape index (κ3) is 4.42. The van der Waals surface area contributed by atoms with Crippen molar-refractivity contribution in [1.29, 1.82) is 0 Å². The van der Waals surface area contributed by atoms with Crippen LogP contribution in [0.5, 0.6) is 0 Å². The zero-order valence-corrected chi connectivity index (χ0v) is 11.1. The molecule has 19 heavy (non-hydrogen) atoms. The number of hydrogen-bond donors (Lipinski definition) is 3. The van der Waals surface area contributed by atoms with Crippen molar-refractivity contribution in [3.05, 3.63) is 0 Å². The van der Waals surface area contributed by atoms with E-state index in [-0.39, 0.29) is 0 Å². The largest absolute Gasteiger partial charge is 0.481 e. The second-order valence-electron chi connectivity index (χ2n) is 5.13. The van der Waals surface area contributed by atoms with Crippen molar-refractivity contribution in [2.24, 2.45) is 11.8 Å². The number of nitrogens with one attached hydrogen (secondary N) is 1. The number of carbonyl (C=O) groups is 3. The van der Waals surface area contributed by atoms with Gasteiger partial charge >= 0.3 is 18.0 Å². The second-order valence-corrected chi connectivity index (χ2v) is 5.13. The van der Waals surface area contributed by atoms with Gasteiger partial charge in [0.1, 0.15) is 6.04 Å². The molecule has 1 aliphatic heterocycles. The number of carbonyl (C=O) groups excluding carboxylic acids is 1. The van der Waals surface area contributed by atoms with Crippen LogP contribution in [0.2, 0.25) is 0 Å². The third-order valence-electron chi connectivity index (χ3n) is 3.60. The van der Waals surface area contributed by atoms with E-state index in [4.69, 9.17) is 10.2 Å². The fraction of sp³-hybridized carbons (Fsp3) is 0.750. The molecule has 0 saturated carbocycles. The van der Waals surface area contributed by atoms with E-state index >= 15 is 0 Å². The molecule has 2 amide bonds. The highest BCUT2D eigenvalue weighted by Gasteiger charge is 2.29. The average Bonchev–Trinajstić information content (AvgIpc) is 2.31. The minimum Gasteiger partial charge on any atom is -0.481 e. The van der Waals surface area contributed by atoms with Crippen LogP contribution in [-0.4, -0.2) is 52.2 Å². The maximum atomic E-state index is 11.9. The summed E-state index contributed by atoms with van der Waals surface area (Å²) in [5.41, 5.74) is 0. The lowest BCUT2D eigenvalue weighted by Crippen LogP contribution is -2.52. The Kier molecular flexibility index (Phi) is 5.14. The van der Waals surface area contributed by atoms with Crippen LogP contribution in [0.1, 0.15) is 26.7 Å². The van der Waals surface area contributed by atoms with Gasteiger partial charge < -0.3 is 20.4 Å². The predicted molar refractivity (Wildman–Crippen MR) is 66.7 cm³/mol. The molecule has 1 heterocycles. The first-order valence-electron chi connectivity index (χ1n) is 6.31. The summed E-state index contributed by atoms with van der Waals surface area (Å²) in [6, 6.07) is -1.90. The average molecular weight is 272 g/mol. The van der Waals surface area contributed by atoms with E-state index < -0.39 is 30.4 Å². The Balaban J connectivity index is 2.57. The standard InChI is InChI=1S/C12H20N2O5/c1-7-3-4-14(6-8(7)2)12(19)13-9(11(17)18)5-10(15)16/h7-9H,3-6H2,1-2H3,(H,13,19)(H,15,16)(H,17,18)/t7?,8?,9-/m1/s1. The Morgan fingerprint density at radius 2 is 1.89 bits per heavy atom. The molecular weight excluding hydrogens is 252 g/mol. The first-order valence-corrected chi connectivity index (χ1v) is 6.31. The zero-order valence-electron chi connectivity index (χ0n) is 11.1. The number of carboxylic acids is 2. The summed E-state index contributed by atoms with van der Waals surface area (Å²) in [4.78, 5) is 34.9. The summed E-state index contributed by atoms with van der Waals surface area (Å²) >= 11 is 0. The highest BCUT2D eigenvalue weighted by molar-refractivity contribution is 5.86. The number of likely N-dealkylation sites (tertiary alicyclic amines) is 1. The summed E-state index contributed by atoms with van der Waals surface area (Å²) in [5, 5.41) is 19.7. The van der Waals surface area contributed by atoms with E-state index in [9.17, 15) is 14.4 Å². The van der Waals surface area contributed by atoms with Gasteiger partial charge in [0.25, 0.3) is 0 Å². The molecule has 1 saturated heterocycles. The van der Waals surface area contributed by atoms with Crippen molar-refractivity contribution >= 4 is 18.0 Å². The van der Waals surface area contributed by atoms with E-state index in [0.29, 0.717) is 24.9 Å². The van der Waals surface area contributed by atoms with Gasteiger partial charge in [-0.25, -0.2) is 9.59 Å². The number of amides is 2. The minimum atomic E-state index is -1.39. The Bertz CT molecular complexity index is 371. The molecule has 0 aromatic carbocycles. The highest BCUT2D eigenvalue weighted by Crippen LogP contribution is 2.22. The van der Waals surface area contributed by atoms with E-state index in [0.717, 1.165) is 6.42 Å². The maximum Gasteiger partial charge on any atom is 0.326 e. The number of aliphatic carboxylic acids is 2. The molecule has 2 unspecified atom stereocenters. The van der Waals surface area contributed by atoms with E-state index in [1.807, 2.05) is 6.92 Å². The summed E-state index contributed by atoms with van der Waals surface area (Å²) in [5.74, 6) is -1.72. The Morgan fingerprint density at radius 3 is 2.37 bits per heavy atom. The second kappa shape index (κ2) is 6.40. The fourth-order valence-electron chi connectivity index (χ4n) is 2.06. The summed E-state index contributed by atoms with van der Waals surface area (Å²) in [6.07, 6.45) is 0.242. The lowest BCUT2D eigenvalue weighted by molar-refractivity contribution is -0.145. The summed E-state index contributed by atoms with van der Waals surface area (Å²) in [6.45, 7) is 5.28. The van der Waals surface area contributed by atoms with Gasteiger partial charge in [0.2, 0.25) is 0 Å². The van der Waals surface area contributed by atoms with Crippen molar-refractivity contribution in [3.63, 3.8) is 0 Å². The van der Waals surface area contributed by atoms with Gasteiger partial charge in [-0.1, -0.05) is 13.8 Å². The number of hydrogen-bond acceptors (Lipinski definition) is 3. The van der Waals surface area contributed by atoms with Gasteiger partial charge in [-0.3, -0.25) is 4.79 Å². The number of nitrogens with zero attached hydrogens (tertiary/aromatic N) is 1. The Morgan fingerprint density at radius 1 is 1.26 bits per heavy atom. The molecule has 0 bridgehead atoms. The van der Waals surface area contributed by atoms with Gasteiger partial charge in [-0.15, -0.1) is 0 Å². The minimum absolute atomic E-state index is 0.349. The molecule has 0 aromatic rings. The van der Waals surface area contributed by atoms with Crippen LogP contribution in [0.15, 0.2) is 0 Å². The topological polar surface area (TPSA) is 107 Å². The van der Waals surface area contributed by atoms with Crippen molar-refractivity contribution in [2.45, 2.75) is 32.7 Å². The number of carboxylic acid groups (broad SMARTS) is 2. The monoisotopic (exact) mass is 272 g/mol. The van der Waals surface area contributed by atoms with Crippen LogP contribution < -0.4 is 5.32 Å². The fourth-order valence-corrected chi connectivity index (χ4v) is 2.06. The lowest BCUT2D eigenvalue weighted by Gasteiger charge is -2.35. The van der Waals surface area contributed by atoms with Gasteiger partial charge in [-0.05, 0) is 18.3 Å². The molecule has 1 rings (SSSR count). The molecular formula is C12H20N2O5. The van der Waals surface area contributed by atoms with Gasteiger partial charge in [0.05, 0.1) is 6.42 Å². The number of urea groups is 1. The summed E-state index contributed by atoms with van der Waals surface area (Å²) < 4.78 is 0. The molecule has 0 radical (unpaired) electrons. The molecule has 1 fully saturated rings. The van der Waals surface area contributed by atoms with Crippen molar-refractivity contribution < 1.29 is 24.6 Å². The molecule has 0 aliphatic carbocycles. The molecule has 0 aromatic heterocycles. The van der Waals surface area contributed by atoms with Crippen LogP contribution >= 0.6 is 0 Å². The van der Waals surface area contributed by atoms with Gasteiger partial charge in [0, 0.05) is 13.1 Å². The maximum absolute atomic E-state index is 11.9. The zero-order chi connectivity index (χ0) is 14.6. The van der Waals surface area contributed by atoms with E-state index in [2.05, 4.69) is 12.2 Å². The lowest BCUT2D eigenvalue weighted by atomic mass is 9.89. The number of piperidine rings is 1. The van der Waals surface area contributed by atoms with Crippen LogP contribution in [0.25, 0.3) is 0 Å². The summed E-state index contributed by atoms with van der Waals surface area (Å²) in [7, 11) is 0. The molecule has 7 nitrogen and oxygen atoms in total. The quantitative estimate of drug-likeness (QED) is 0.694. The molecule has 1 aliphatic rings. The van der Waals surface area contributed by atoms with Crippen LogP contribution in [0, 0.1) is 11.8 Å². The van der Waals surface area contributed by atoms with E-state index in [1.54, 1.807) is 4.90 Å². The molecule has 108 valence electrons. The van der Waals surface area contributed by atoms with Gasteiger partial charge in [-0.2, -0.15) is 0 Å². The van der Waals surface area contributed by atoms with Crippen LogP contribution in [-0.2, 0) is 9.59 Å². The Hall–Kier alpha value is -1.79. The highest BCUT2D eigenvalue weighted by atomic mass is 16.4. The predicted octanol–water partition coefficient (Wildman–Crippen LogP) is 0.602. The first kappa shape index (κ1) is 15.3. The van der Waals surface area contributed by atoms with Crippen LogP contribution in [0.3, 0.4) is 0 Å². The first-order chi connectivity index (χ1) is 8.81. The van der Waals surface area contributed by atoms with Crippen molar-refractivity contribution in [3.8, 4) is 0 Å². The molecule has 3 atom stereocenters. The molecule has 0 spiro atoms. The smallest absolute Gasteiger partial charge is 0.326 e. The van der Waals surface area contributed by atoms with Gasteiger partial charge in [0.15, 0.2) is 0 Å². The Labute approximate surface area is 111 Å². The van der Waals surface area contributed by atoms with Crippen LogP contribution in [0.4, 0.5) is 4.79 Å². The van der Waals surface area contributed by atoms with E-state index in [1.165, 1.54) is 0 Å².